The van der Waals surface area contributed by atoms with E-state index in [4.69, 9.17) is 16.3 Å². The predicted molar refractivity (Wildman–Crippen MR) is 106 cm³/mol. The number of ether oxygens (including phenoxy) is 1. The highest BCUT2D eigenvalue weighted by molar-refractivity contribution is 7.16. The standard InChI is InChI=1S/C20H15ClN2O2S/c1-23-19-16-5-3-2-4-13(16)6-11-17(19)26-20(23)22-18(24)12-25-15-9-7-14(21)8-10-15/h2-11H,12H2,1H3. The van der Waals surface area contributed by atoms with Crippen LogP contribution in [0.15, 0.2) is 65.7 Å². The number of halogens is 1. The summed E-state index contributed by atoms with van der Waals surface area (Å²) < 4.78 is 8.53. The Kier molecular flexibility index (Phi) is 4.49. The number of fused-ring (bicyclic) bond motifs is 3. The van der Waals surface area contributed by atoms with Gasteiger partial charge in [-0.15, -0.1) is 0 Å². The van der Waals surface area contributed by atoms with E-state index in [9.17, 15) is 4.79 Å². The van der Waals surface area contributed by atoms with Crippen LogP contribution in [0.4, 0.5) is 0 Å². The maximum atomic E-state index is 12.2. The molecule has 0 spiro atoms. The Morgan fingerprint density at radius 1 is 1.12 bits per heavy atom. The molecule has 3 aromatic carbocycles. The van der Waals surface area contributed by atoms with Gasteiger partial charge in [0.1, 0.15) is 5.75 Å². The first-order valence-electron chi connectivity index (χ1n) is 8.05. The minimum atomic E-state index is -0.327. The topological polar surface area (TPSA) is 43.6 Å². The molecule has 1 heterocycles. The first-order chi connectivity index (χ1) is 12.6. The molecule has 1 amide bonds. The highest BCUT2D eigenvalue weighted by Gasteiger charge is 2.09. The van der Waals surface area contributed by atoms with Gasteiger partial charge in [-0.05, 0) is 35.7 Å². The number of aryl methyl sites for hydroxylation is 1. The fourth-order valence-electron chi connectivity index (χ4n) is 2.84. The molecule has 1 aromatic heterocycles. The SMILES string of the molecule is Cn1c(=NC(=O)COc2ccc(Cl)cc2)sc2ccc3ccccc3c21. The van der Waals surface area contributed by atoms with Gasteiger partial charge in [-0.3, -0.25) is 4.79 Å². The molecule has 4 nitrogen and oxygen atoms in total. The van der Waals surface area contributed by atoms with E-state index < -0.39 is 0 Å². The minimum absolute atomic E-state index is 0.114. The molecule has 4 rings (SSSR count). The number of benzene rings is 3. The van der Waals surface area contributed by atoms with E-state index in [2.05, 4.69) is 29.3 Å². The van der Waals surface area contributed by atoms with Crippen LogP contribution in [-0.4, -0.2) is 17.1 Å². The van der Waals surface area contributed by atoms with Gasteiger partial charge in [0.15, 0.2) is 11.4 Å². The van der Waals surface area contributed by atoms with E-state index in [-0.39, 0.29) is 12.5 Å². The number of hydrogen-bond acceptors (Lipinski definition) is 3. The number of aromatic nitrogens is 1. The molecular weight excluding hydrogens is 368 g/mol. The summed E-state index contributed by atoms with van der Waals surface area (Å²) in [5.41, 5.74) is 1.08. The molecule has 0 radical (unpaired) electrons. The Morgan fingerprint density at radius 3 is 2.69 bits per heavy atom. The van der Waals surface area contributed by atoms with E-state index in [0.717, 1.165) is 21.0 Å². The quantitative estimate of drug-likeness (QED) is 0.521. The summed E-state index contributed by atoms with van der Waals surface area (Å²) in [5.74, 6) is 0.260. The first-order valence-corrected chi connectivity index (χ1v) is 9.24. The van der Waals surface area contributed by atoms with Gasteiger partial charge in [0.05, 0.1) is 10.2 Å². The van der Waals surface area contributed by atoms with Crippen LogP contribution in [0.5, 0.6) is 5.75 Å². The number of rotatable bonds is 3. The van der Waals surface area contributed by atoms with Crippen molar-refractivity contribution >= 4 is 49.8 Å². The van der Waals surface area contributed by atoms with E-state index in [0.29, 0.717) is 15.6 Å². The van der Waals surface area contributed by atoms with Crippen LogP contribution >= 0.6 is 22.9 Å². The normalized spacial score (nSPS) is 12.0. The number of carbonyl (C=O) groups excluding carboxylic acids is 1. The first kappa shape index (κ1) is 16.8. The number of amides is 1. The Labute approximate surface area is 158 Å². The Bertz CT molecular complexity index is 1180. The number of hydrogen-bond donors (Lipinski definition) is 0. The zero-order valence-corrected chi connectivity index (χ0v) is 15.6. The van der Waals surface area contributed by atoms with E-state index in [1.165, 1.54) is 11.3 Å². The summed E-state index contributed by atoms with van der Waals surface area (Å²) in [4.78, 5) is 17.1. The molecule has 0 fully saturated rings. The molecule has 0 unspecified atom stereocenters. The van der Waals surface area contributed by atoms with Gasteiger partial charge in [-0.1, -0.05) is 53.3 Å². The average molecular weight is 383 g/mol. The van der Waals surface area contributed by atoms with Crippen molar-refractivity contribution in [2.75, 3.05) is 6.61 Å². The molecule has 0 atom stereocenters. The van der Waals surface area contributed by atoms with Crippen LogP contribution in [0.3, 0.4) is 0 Å². The molecule has 6 heteroatoms. The molecule has 0 N–H and O–H groups in total. The fourth-order valence-corrected chi connectivity index (χ4v) is 4.02. The van der Waals surface area contributed by atoms with Gasteiger partial charge in [0.25, 0.3) is 5.91 Å². The van der Waals surface area contributed by atoms with Crippen molar-refractivity contribution in [2.45, 2.75) is 0 Å². The molecule has 0 saturated heterocycles. The van der Waals surface area contributed by atoms with Gasteiger partial charge in [0.2, 0.25) is 0 Å². The molecular formula is C20H15ClN2O2S. The zero-order valence-electron chi connectivity index (χ0n) is 14.0. The average Bonchev–Trinajstić information content (AvgIpc) is 2.97. The lowest BCUT2D eigenvalue weighted by Gasteiger charge is -2.03. The summed E-state index contributed by atoms with van der Waals surface area (Å²) >= 11 is 7.33. The number of carbonyl (C=O) groups is 1. The lowest BCUT2D eigenvalue weighted by atomic mass is 10.1. The molecule has 0 saturated carbocycles. The Morgan fingerprint density at radius 2 is 1.88 bits per heavy atom. The second kappa shape index (κ2) is 6.94. The van der Waals surface area contributed by atoms with Crippen molar-refractivity contribution in [3.63, 3.8) is 0 Å². The monoisotopic (exact) mass is 382 g/mol. The third-order valence-electron chi connectivity index (χ3n) is 4.08. The van der Waals surface area contributed by atoms with E-state index in [1.54, 1.807) is 24.3 Å². The fraction of sp³-hybridized carbons (Fsp3) is 0.100. The molecule has 26 heavy (non-hydrogen) atoms. The minimum Gasteiger partial charge on any atom is -0.484 e. The second-order valence-electron chi connectivity index (χ2n) is 5.83. The lowest BCUT2D eigenvalue weighted by molar-refractivity contribution is -0.120. The summed E-state index contributed by atoms with van der Waals surface area (Å²) in [5, 5.41) is 2.94. The molecule has 130 valence electrons. The van der Waals surface area contributed by atoms with E-state index >= 15 is 0 Å². The smallest absolute Gasteiger partial charge is 0.286 e. The van der Waals surface area contributed by atoms with Gasteiger partial charge >= 0.3 is 0 Å². The maximum Gasteiger partial charge on any atom is 0.286 e. The number of nitrogens with zero attached hydrogens (tertiary/aromatic N) is 2. The second-order valence-corrected chi connectivity index (χ2v) is 7.27. The van der Waals surface area contributed by atoms with Gasteiger partial charge in [-0.25, -0.2) is 0 Å². The van der Waals surface area contributed by atoms with E-state index in [1.807, 2.05) is 23.7 Å². The molecule has 0 bridgehead atoms. The van der Waals surface area contributed by atoms with Crippen LogP contribution in [0.25, 0.3) is 21.0 Å². The highest BCUT2D eigenvalue weighted by atomic mass is 35.5. The number of thiazole rings is 1. The van der Waals surface area contributed by atoms with Crippen LogP contribution in [0.2, 0.25) is 5.02 Å². The van der Waals surface area contributed by atoms with Crippen molar-refractivity contribution in [3.8, 4) is 5.75 Å². The van der Waals surface area contributed by atoms with Crippen molar-refractivity contribution < 1.29 is 9.53 Å². The zero-order chi connectivity index (χ0) is 18.1. The van der Waals surface area contributed by atoms with Crippen LogP contribution < -0.4 is 9.54 Å². The van der Waals surface area contributed by atoms with Gasteiger partial charge in [0, 0.05) is 17.5 Å². The van der Waals surface area contributed by atoms with Gasteiger partial charge in [-0.2, -0.15) is 4.99 Å². The third-order valence-corrected chi connectivity index (χ3v) is 5.43. The molecule has 0 aliphatic carbocycles. The lowest BCUT2D eigenvalue weighted by Crippen LogP contribution is -2.17. The Balaban J connectivity index is 1.65. The van der Waals surface area contributed by atoms with Crippen molar-refractivity contribution in [1.29, 1.82) is 0 Å². The van der Waals surface area contributed by atoms with Crippen LogP contribution in [0.1, 0.15) is 0 Å². The summed E-state index contributed by atoms with van der Waals surface area (Å²) in [6, 6.07) is 19.2. The highest BCUT2D eigenvalue weighted by Crippen LogP contribution is 2.26. The van der Waals surface area contributed by atoms with Crippen molar-refractivity contribution in [2.24, 2.45) is 12.0 Å². The van der Waals surface area contributed by atoms with Crippen LogP contribution in [-0.2, 0) is 11.8 Å². The summed E-state index contributed by atoms with van der Waals surface area (Å²) in [6.45, 7) is -0.114. The van der Waals surface area contributed by atoms with Crippen molar-refractivity contribution in [3.05, 3.63) is 70.5 Å². The van der Waals surface area contributed by atoms with Crippen LogP contribution in [0, 0.1) is 0 Å². The largest absolute Gasteiger partial charge is 0.484 e. The molecule has 4 aromatic rings. The Hall–Kier alpha value is -2.63. The van der Waals surface area contributed by atoms with Crippen molar-refractivity contribution in [1.82, 2.24) is 4.57 Å². The predicted octanol–water partition coefficient (Wildman–Crippen LogP) is 4.55. The summed E-state index contributed by atoms with van der Waals surface area (Å²) in [6.07, 6.45) is 0. The summed E-state index contributed by atoms with van der Waals surface area (Å²) in [7, 11) is 1.93. The van der Waals surface area contributed by atoms with Gasteiger partial charge < -0.3 is 9.30 Å². The third kappa shape index (κ3) is 3.23. The molecule has 0 aliphatic heterocycles. The maximum absolute atomic E-state index is 12.2. The molecule has 0 aliphatic rings.